The van der Waals surface area contributed by atoms with E-state index in [4.69, 9.17) is 4.84 Å². The fourth-order valence-corrected chi connectivity index (χ4v) is 4.23. The van der Waals surface area contributed by atoms with Crippen molar-refractivity contribution in [2.24, 2.45) is 5.16 Å². The second-order valence-electron chi connectivity index (χ2n) is 8.09. The lowest BCUT2D eigenvalue weighted by Gasteiger charge is -2.37. The predicted molar refractivity (Wildman–Crippen MR) is 116 cm³/mol. The molecule has 1 atom stereocenters. The van der Waals surface area contributed by atoms with E-state index in [1.165, 1.54) is 12.1 Å². The Hall–Kier alpha value is -3.61. The average Bonchev–Trinajstić information content (AvgIpc) is 3.34. The molecule has 6 nitrogen and oxygen atoms in total. The zero-order valence-electron chi connectivity index (χ0n) is 17.4. The van der Waals surface area contributed by atoms with Gasteiger partial charge in [0.2, 0.25) is 5.72 Å². The molecule has 2 aliphatic rings. The van der Waals surface area contributed by atoms with Crippen molar-refractivity contribution in [1.29, 1.82) is 0 Å². The zero-order valence-corrected chi connectivity index (χ0v) is 17.4. The third kappa shape index (κ3) is 3.36. The van der Waals surface area contributed by atoms with Gasteiger partial charge in [-0.1, -0.05) is 23.4 Å². The molecular weight excluding hydrogens is 395 g/mol. The topological polar surface area (TPSA) is 62.9 Å². The molecule has 1 N–H and O–H groups in total. The van der Waals surface area contributed by atoms with E-state index in [0.29, 0.717) is 5.69 Å². The van der Waals surface area contributed by atoms with Crippen LogP contribution >= 0.6 is 0 Å². The summed E-state index contributed by atoms with van der Waals surface area (Å²) in [7, 11) is 0. The van der Waals surface area contributed by atoms with Gasteiger partial charge in [0.25, 0.3) is 0 Å². The fraction of sp³-hybridized carbons (Fsp3) is 0.250. The number of nitrogens with zero attached hydrogens (tertiary/aromatic N) is 4. The van der Waals surface area contributed by atoms with Crippen LogP contribution in [-0.2, 0) is 10.6 Å². The highest BCUT2D eigenvalue weighted by molar-refractivity contribution is 6.03. The van der Waals surface area contributed by atoms with Crippen LogP contribution in [-0.4, -0.2) is 31.9 Å². The zero-order chi connectivity index (χ0) is 21.6. The van der Waals surface area contributed by atoms with E-state index in [2.05, 4.69) is 15.0 Å². The van der Waals surface area contributed by atoms with Crippen LogP contribution in [0, 0.1) is 12.7 Å². The number of fused-ring (bicyclic) bond motifs is 1. The Labute approximate surface area is 179 Å². The molecule has 1 aromatic heterocycles. The highest BCUT2D eigenvalue weighted by Gasteiger charge is 2.45. The molecule has 3 aromatic rings. The largest absolute Gasteiger partial charge is 0.506 e. The molecule has 0 aliphatic carbocycles. The Bertz CT molecular complexity index is 1200. The van der Waals surface area contributed by atoms with Crippen LogP contribution < -0.4 is 0 Å². The highest BCUT2D eigenvalue weighted by Crippen LogP contribution is 2.40. The molecule has 31 heavy (non-hydrogen) atoms. The van der Waals surface area contributed by atoms with Gasteiger partial charge in [0.15, 0.2) is 5.84 Å². The number of oxime groups is 1. The second kappa shape index (κ2) is 7.27. The van der Waals surface area contributed by atoms with Crippen molar-refractivity contribution in [3.63, 3.8) is 0 Å². The smallest absolute Gasteiger partial charge is 0.234 e. The third-order valence-electron chi connectivity index (χ3n) is 5.91. The first-order valence-corrected chi connectivity index (χ1v) is 10.3. The van der Waals surface area contributed by atoms with Crippen LogP contribution in [0.4, 0.5) is 4.39 Å². The molecule has 7 heteroatoms. The average molecular weight is 418 g/mol. The van der Waals surface area contributed by atoms with Crippen molar-refractivity contribution >= 4 is 11.9 Å². The molecule has 0 radical (unpaired) electrons. The lowest BCUT2D eigenvalue weighted by Crippen LogP contribution is -2.46. The summed E-state index contributed by atoms with van der Waals surface area (Å²) in [5, 5.41) is 14.9. The summed E-state index contributed by atoms with van der Waals surface area (Å²) in [6.07, 6.45) is 7.40. The van der Waals surface area contributed by atoms with Crippen molar-refractivity contribution in [3.8, 4) is 11.4 Å². The molecule has 1 saturated heterocycles. The number of halogens is 1. The number of benzene rings is 2. The van der Waals surface area contributed by atoms with Gasteiger partial charge in [-0.25, -0.2) is 9.37 Å². The van der Waals surface area contributed by atoms with E-state index in [-0.39, 0.29) is 11.6 Å². The maximum atomic E-state index is 13.4. The van der Waals surface area contributed by atoms with Crippen molar-refractivity contribution in [2.75, 3.05) is 6.54 Å². The summed E-state index contributed by atoms with van der Waals surface area (Å²) in [6, 6.07) is 11.9. The maximum Gasteiger partial charge on any atom is 0.234 e. The van der Waals surface area contributed by atoms with E-state index < -0.39 is 5.72 Å². The van der Waals surface area contributed by atoms with Crippen molar-refractivity contribution in [3.05, 3.63) is 83.2 Å². The number of imidazole rings is 1. The number of amidine groups is 1. The van der Waals surface area contributed by atoms with E-state index in [1.54, 1.807) is 29.1 Å². The normalized spacial score (nSPS) is 21.7. The lowest BCUT2D eigenvalue weighted by atomic mass is 9.95. The van der Waals surface area contributed by atoms with E-state index in [1.807, 2.05) is 38.3 Å². The summed E-state index contributed by atoms with van der Waals surface area (Å²) in [5.74, 6) is 0.687. The van der Waals surface area contributed by atoms with Gasteiger partial charge in [-0.05, 0) is 61.2 Å². The first-order chi connectivity index (χ1) is 14.9. The monoisotopic (exact) mass is 418 g/mol. The minimum atomic E-state index is -0.770. The molecule has 5 rings (SSSR count). The first-order valence-electron chi connectivity index (χ1n) is 10.3. The summed E-state index contributed by atoms with van der Waals surface area (Å²) in [5.41, 5.74) is 3.57. The van der Waals surface area contributed by atoms with Crippen molar-refractivity contribution < 1.29 is 14.3 Å². The minimum absolute atomic E-state index is 0.181. The van der Waals surface area contributed by atoms with Gasteiger partial charge < -0.3 is 19.4 Å². The number of hydrogen-bond donors (Lipinski definition) is 1. The molecule has 0 spiro atoms. The molecule has 1 unspecified atom stereocenters. The minimum Gasteiger partial charge on any atom is -0.506 e. The number of aromatic nitrogens is 2. The van der Waals surface area contributed by atoms with Gasteiger partial charge >= 0.3 is 0 Å². The summed E-state index contributed by atoms with van der Waals surface area (Å²) >= 11 is 0. The van der Waals surface area contributed by atoms with Crippen LogP contribution in [0.5, 0.6) is 5.75 Å². The van der Waals surface area contributed by atoms with Crippen LogP contribution in [0.25, 0.3) is 11.8 Å². The van der Waals surface area contributed by atoms with Crippen LogP contribution in [0.1, 0.15) is 36.6 Å². The van der Waals surface area contributed by atoms with Crippen molar-refractivity contribution in [2.45, 2.75) is 32.4 Å². The highest BCUT2D eigenvalue weighted by atomic mass is 19.1. The van der Waals surface area contributed by atoms with Crippen LogP contribution in [0.15, 0.2) is 65.7 Å². The Kier molecular flexibility index (Phi) is 4.54. The fourth-order valence-electron chi connectivity index (χ4n) is 4.23. The SMILES string of the molecule is Cc1cn(-c2ccc(C=C3CCCN4C3=NOC4(C)c3ccc(F)cc3)cc2O)cn1. The second-order valence-corrected chi connectivity index (χ2v) is 8.09. The summed E-state index contributed by atoms with van der Waals surface area (Å²) < 4.78 is 15.2. The van der Waals surface area contributed by atoms with Gasteiger partial charge in [0, 0.05) is 25.2 Å². The van der Waals surface area contributed by atoms with E-state index in [9.17, 15) is 9.50 Å². The number of aromatic hydroxyl groups is 1. The summed E-state index contributed by atoms with van der Waals surface area (Å²) in [6.45, 7) is 4.66. The molecule has 0 saturated carbocycles. The maximum absolute atomic E-state index is 13.4. The number of hydrogen-bond acceptors (Lipinski definition) is 5. The molecule has 0 amide bonds. The van der Waals surface area contributed by atoms with E-state index in [0.717, 1.165) is 47.6 Å². The van der Waals surface area contributed by atoms with Crippen LogP contribution in [0.3, 0.4) is 0 Å². The molecule has 2 aliphatic heterocycles. The Balaban J connectivity index is 1.44. The number of aryl methyl sites for hydroxylation is 1. The molecule has 0 bridgehead atoms. The quantitative estimate of drug-likeness (QED) is 0.669. The van der Waals surface area contributed by atoms with Gasteiger partial charge in [-0.2, -0.15) is 0 Å². The van der Waals surface area contributed by atoms with Gasteiger partial charge in [-0.3, -0.25) is 0 Å². The number of phenols is 1. The number of rotatable bonds is 3. The van der Waals surface area contributed by atoms with Gasteiger partial charge in [0.1, 0.15) is 11.6 Å². The van der Waals surface area contributed by atoms with Crippen LogP contribution in [0.2, 0.25) is 0 Å². The molecule has 158 valence electrons. The molecule has 1 fully saturated rings. The van der Waals surface area contributed by atoms with Gasteiger partial charge in [-0.15, -0.1) is 0 Å². The van der Waals surface area contributed by atoms with E-state index >= 15 is 0 Å². The Morgan fingerprint density at radius 3 is 2.71 bits per heavy atom. The molecular formula is C24H23FN4O2. The molecule has 2 aromatic carbocycles. The number of phenolic OH excluding ortho intramolecular Hbond substituents is 1. The van der Waals surface area contributed by atoms with Gasteiger partial charge in [0.05, 0.1) is 17.7 Å². The van der Waals surface area contributed by atoms with Crippen molar-refractivity contribution in [1.82, 2.24) is 14.5 Å². The number of piperidine rings is 1. The third-order valence-corrected chi connectivity index (χ3v) is 5.91. The predicted octanol–water partition coefficient (Wildman–Crippen LogP) is 4.72. The Morgan fingerprint density at radius 1 is 1.19 bits per heavy atom. The Morgan fingerprint density at radius 2 is 2.00 bits per heavy atom. The standard InChI is InChI=1S/C24H23FN4O2/c1-16-14-28(15-26-16)21-10-5-17(13-22(21)30)12-18-4-3-11-29-23(18)27-31-24(29,2)19-6-8-20(25)9-7-19/h5-10,12-15,30H,3-4,11H2,1-2H3. The lowest BCUT2D eigenvalue weighted by molar-refractivity contribution is -0.0913. The molecule has 3 heterocycles. The first kappa shape index (κ1) is 19.4. The summed E-state index contributed by atoms with van der Waals surface area (Å²) in [4.78, 5) is 12.2.